The highest BCUT2D eigenvalue weighted by Crippen LogP contribution is 2.67. The molecule has 5 atom stereocenters. The van der Waals surface area contributed by atoms with Crippen LogP contribution in [0, 0.1) is 22.7 Å². The molecule has 0 aromatic heterocycles. The lowest BCUT2D eigenvalue weighted by molar-refractivity contribution is -0.148. The maximum atomic E-state index is 14.6. The van der Waals surface area contributed by atoms with Gasteiger partial charge in [-0.2, -0.15) is 4.31 Å². The third-order valence-electron chi connectivity index (χ3n) is 11.4. The Kier molecular flexibility index (Phi) is 8.23. The molecule has 5 rings (SSSR count). The number of hydrogen-bond donors (Lipinski definition) is 0. The smallest absolute Gasteiger partial charge is 0.356 e. The molecule has 38 heavy (non-hydrogen) atoms. The molecule has 0 amide bonds. The van der Waals surface area contributed by atoms with Crippen LogP contribution in [0.5, 0.6) is 0 Å². The molecule has 0 spiro atoms. The minimum absolute atomic E-state index is 0.0631. The second kappa shape index (κ2) is 11.0. The summed E-state index contributed by atoms with van der Waals surface area (Å²) < 4.78 is 37.4. The summed E-state index contributed by atoms with van der Waals surface area (Å²) >= 11 is 0. The van der Waals surface area contributed by atoms with Gasteiger partial charge in [-0.05, 0) is 69.1 Å². The van der Waals surface area contributed by atoms with E-state index in [1.165, 1.54) is 12.8 Å². The Balaban J connectivity index is 1.41. The largest absolute Gasteiger partial charge is 0.457 e. The Hall–Kier alpha value is -1.15. The van der Waals surface area contributed by atoms with E-state index in [0.29, 0.717) is 11.6 Å². The molecule has 8 heteroatoms. The fraction of sp³-hybridized carbons (Fsp3) is 0.933. The number of rotatable bonds is 9. The van der Waals surface area contributed by atoms with E-state index >= 15 is 0 Å². The van der Waals surface area contributed by atoms with E-state index in [9.17, 15) is 13.2 Å². The standard InChI is InChI=1S/C30H50N2O5S/c1-5-24-25(6-2)37-31-27(24)28(33)36-26-19-21-17-18-30(26,29(21,3)4)20-38(34,35)32(22-13-9-7-10-14-22)23-15-11-8-12-16-23/h21-26H,5-20H2,1-4H3/t21-,24-,25-,26-,30-/m1/s1. The second-order valence-electron chi connectivity index (χ2n) is 13.5. The maximum Gasteiger partial charge on any atom is 0.356 e. The fourth-order valence-electron chi connectivity index (χ4n) is 8.96. The van der Waals surface area contributed by atoms with Gasteiger partial charge >= 0.3 is 5.97 Å². The van der Waals surface area contributed by atoms with Gasteiger partial charge in [0.15, 0.2) is 5.71 Å². The van der Waals surface area contributed by atoms with Crippen LogP contribution in [0.3, 0.4) is 0 Å². The van der Waals surface area contributed by atoms with Gasteiger partial charge in [0.2, 0.25) is 10.0 Å². The highest BCUT2D eigenvalue weighted by atomic mass is 32.2. The molecule has 4 saturated carbocycles. The summed E-state index contributed by atoms with van der Waals surface area (Å²) in [6.07, 6.45) is 14.4. The van der Waals surface area contributed by atoms with Crippen molar-refractivity contribution < 1.29 is 22.8 Å². The molecule has 1 aliphatic heterocycles. The third kappa shape index (κ3) is 4.84. The molecular formula is C30H50N2O5S. The van der Waals surface area contributed by atoms with Crippen molar-refractivity contribution >= 4 is 21.7 Å². The van der Waals surface area contributed by atoms with E-state index in [1.807, 2.05) is 18.2 Å². The third-order valence-corrected chi connectivity index (χ3v) is 13.5. The number of nitrogens with zero attached hydrogens (tertiary/aromatic N) is 2. The Morgan fingerprint density at radius 1 is 0.974 bits per heavy atom. The van der Waals surface area contributed by atoms with E-state index in [-0.39, 0.29) is 35.3 Å². The molecule has 216 valence electrons. The number of sulfonamides is 1. The molecule has 4 fully saturated rings. The first-order valence-corrected chi connectivity index (χ1v) is 17.2. The van der Waals surface area contributed by atoms with Crippen molar-refractivity contribution in [3.63, 3.8) is 0 Å². The zero-order valence-corrected chi connectivity index (χ0v) is 24.9. The first kappa shape index (κ1) is 28.4. The molecule has 0 N–H and O–H groups in total. The number of carbonyl (C=O) groups excluding carboxylic acids is 1. The quantitative estimate of drug-likeness (QED) is 0.319. The average Bonchev–Trinajstić information content (AvgIpc) is 3.49. The summed E-state index contributed by atoms with van der Waals surface area (Å²) in [5, 5.41) is 4.14. The van der Waals surface area contributed by atoms with Crippen LogP contribution < -0.4 is 0 Å². The SMILES string of the molecule is CC[C@H]1ON=C(C(=O)O[C@@H]2C[C@H]3CC[C@]2(CS(=O)(=O)N(C2CCCCC2)C2CCCCC2)C3(C)C)[C@@H]1CC. The van der Waals surface area contributed by atoms with Crippen LogP contribution in [0.25, 0.3) is 0 Å². The Labute approximate surface area is 230 Å². The summed E-state index contributed by atoms with van der Waals surface area (Å²) in [7, 11) is -3.55. The molecule has 7 nitrogen and oxygen atoms in total. The van der Waals surface area contributed by atoms with E-state index in [4.69, 9.17) is 9.57 Å². The molecule has 0 unspecified atom stereocenters. The van der Waals surface area contributed by atoms with E-state index in [2.05, 4.69) is 19.0 Å². The highest BCUT2D eigenvalue weighted by Gasteiger charge is 2.67. The average molecular weight is 551 g/mol. The summed E-state index contributed by atoms with van der Waals surface area (Å²) in [6, 6.07) is 0.245. The number of ether oxygens (including phenoxy) is 1. The van der Waals surface area contributed by atoms with Crippen molar-refractivity contribution in [1.29, 1.82) is 0 Å². The normalized spacial score (nSPS) is 35.9. The van der Waals surface area contributed by atoms with Crippen LogP contribution in [0.15, 0.2) is 5.16 Å². The summed E-state index contributed by atoms with van der Waals surface area (Å²) in [4.78, 5) is 19.0. The Morgan fingerprint density at radius 3 is 2.11 bits per heavy atom. The highest BCUT2D eigenvalue weighted by molar-refractivity contribution is 7.89. The van der Waals surface area contributed by atoms with Gasteiger partial charge in [-0.3, -0.25) is 0 Å². The second-order valence-corrected chi connectivity index (χ2v) is 15.3. The van der Waals surface area contributed by atoms with Crippen molar-refractivity contribution in [3.05, 3.63) is 0 Å². The molecule has 1 heterocycles. The van der Waals surface area contributed by atoms with Crippen molar-refractivity contribution in [2.24, 2.45) is 27.8 Å². The fourth-order valence-corrected chi connectivity index (χ4v) is 11.8. The summed E-state index contributed by atoms with van der Waals surface area (Å²) in [5.74, 6) is -0.0201. The van der Waals surface area contributed by atoms with Gasteiger partial charge in [-0.25, -0.2) is 13.2 Å². The molecule has 0 saturated heterocycles. The number of carbonyl (C=O) groups is 1. The minimum atomic E-state index is -3.55. The van der Waals surface area contributed by atoms with E-state index < -0.39 is 27.5 Å². The number of fused-ring (bicyclic) bond motifs is 2. The van der Waals surface area contributed by atoms with Gasteiger partial charge < -0.3 is 9.57 Å². The predicted octanol–water partition coefficient (Wildman–Crippen LogP) is 6.21. The van der Waals surface area contributed by atoms with Crippen LogP contribution in [0.4, 0.5) is 0 Å². The predicted molar refractivity (Wildman–Crippen MR) is 149 cm³/mol. The van der Waals surface area contributed by atoms with Crippen LogP contribution in [-0.2, 0) is 24.4 Å². The molecular weight excluding hydrogens is 500 g/mol. The van der Waals surface area contributed by atoms with Crippen molar-refractivity contribution in [2.75, 3.05) is 5.75 Å². The zero-order chi connectivity index (χ0) is 27.1. The molecule has 0 aromatic rings. The minimum Gasteiger partial charge on any atom is -0.457 e. The van der Waals surface area contributed by atoms with Crippen LogP contribution in [-0.4, -0.2) is 54.4 Å². The van der Waals surface area contributed by atoms with Crippen molar-refractivity contribution in [1.82, 2.24) is 4.31 Å². The van der Waals surface area contributed by atoms with E-state index in [1.54, 1.807) is 0 Å². The lowest BCUT2D eigenvalue weighted by atomic mass is 9.69. The van der Waals surface area contributed by atoms with Crippen LogP contribution in [0.1, 0.15) is 124 Å². The first-order valence-electron chi connectivity index (χ1n) is 15.6. The molecule has 5 aliphatic rings. The maximum absolute atomic E-state index is 14.6. The molecule has 0 radical (unpaired) electrons. The monoisotopic (exact) mass is 550 g/mol. The topological polar surface area (TPSA) is 85.3 Å². The van der Waals surface area contributed by atoms with Gasteiger partial charge in [-0.1, -0.05) is 71.4 Å². The van der Waals surface area contributed by atoms with E-state index in [0.717, 1.165) is 83.5 Å². The lowest BCUT2D eigenvalue weighted by Crippen LogP contribution is -2.55. The first-order chi connectivity index (χ1) is 18.1. The molecule has 2 bridgehead atoms. The number of esters is 1. The van der Waals surface area contributed by atoms with Gasteiger partial charge in [-0.15, -0.1) is 0 Å². The van der Waals surface area contributed by atoms with Gasteiger partial charge in [0.25, 0.3) is 0 Å². The molecule has 0 aromatic carbocycles. The van der Waals surface area contributed by atoms with Gasteiger partial charge in [0.1, 0.15) is 12.2 Å². The van der Waals surface area contributed by atoms with Crippen molar-refractivity contribution in [2.45, 2.75) is 148 Å². The van der Waals surface area contributed by atoms with Crippen molar-refractivity contribution in [3.8, 4) is 0 Å². The summed E-state index contributed by atoms with van der Waals surface area (Å²) in [5.41, 5.74) is -0.400. The van der Waals surface area contributed by atoms with Gasteiger partial charge in [0.05, 0.1) is 11.7 Å². The zero-order valence-electron chi connectivity index (χ0n) is 24.1. The van der Waals surface area contributed by atoms with Crippen LogP contribution in [0.2, 0.25) is 0 Å². The lowest BCUT2D eigenvalue weighted by Gasteiger charge is -2.46. The number of hydrogen-bond acceptors (Lipinski definition) is 6. The molecule has 4 aliphatic carbocycles. The Bertz CT molecular complexity index is 980. The number of oxime groups is 1. The van der Waals surface area contributed by atoms with Crippen LogP contribution >= 0.6 is 0 Å². The summed E-state index contributed by atoms with van der Waals surface area (Å²) in [6.45, 7) is 8.53. The van der Waals surface area contributed by atoms with Gasteiger partial charge in [0, 0.05) is 17.5 Å². The Morgan fingerprint density at radius 2 is 1.58 bits per heavy atom.